The van der Waals surface area contributed by atoms with Crippen LogP contribution >= 0.6 is 0 Å². The summed E-state index contributed by atoms with van der Waals surface area (Å²) in [5.74, 6) is 1.80. The third-order valence-electron chi connectivity index (χ3n) is 4.17. The topological polar surface area (TPSA) is 85.4 Å². The van der Waals surface area contributed by atoms with Crippen molar-refractivity contribution in [2.75, 3.05) is 25.6 Å². The lowest BCUT2D eigenvalue weighted by Crippen LogP contribution is -2.29. The van der Waals surface area contributed by atoms with E-state index in [1.165, 1.54) is 11.9 Å². The number of carbonyl (C=O) groups is 1. The van der Waals surface area contributed by atoms with Gasteiger partial charge in [-0.3, -0.25) is 4.79 Å². The van der Waals surface area contributed by atoms with Crippen molar-refractivity contribution >= 4 is 11.7 Å². The Balaban J connectivity index is 1.45. The summed E-state index contributed by atoms with van der Waals surface area (Å²) in [6, 6.07) is 17.1. The maximum Gasteiger partial charge on any atom is 0.270 e. The maximum atomic E-state index is 12.3. The van der Waals surface area contributed by atoms with Crippen LogP contribution in [0.4, 0.5) is 5.82 Å². The highest BCUT2D eigenvalue weighted by Crippen LogP contribution is 2.16. The van der Waals surface area contributed by atoms with Crippen molar-refractivity contribution < 1.29 is 14.3 Å². The van der Waals surface area contributed by atoms with Gasteiger partial charge in [-0.15, -0.1) is 0 Å². The lowest BCUT2D eigenvalue weighted by Gasteiger charge is -2.09. The van der Waals surface area contributed by atoms with Crippen LogP contribution in [0.5, 0.6) is 11.5 Å². The van der Waals surface area contributed by atoms with E-state index in [2.05, 4.69) is 39.7 Å². The highest BCUT2D eigenvalue weighted by Gasteiger charge is 2.08. The second-order valence-corrected chi connectivity index (χ2v) is 6.41. The van der Waals surface area contributed by atoms with Crippen LogP contribution < -0.4 is 20.1 Å². The Hall–Kier alpha value is -3.61. The Kier molecular flexibility index (Phi) is 7.00. The minimum atomic E-state index is -0.274. The molecule has 7 heteroatoms. The molecule has 0 spiro atoms. The van der Waals surface area contributed by atoms with Crippen LogP contribution in [0.3, 0.4) is 0 Å². The number of aromatic nitrogens is 2. The molecule has 29 heavy (non-hydrogen) atoms. The van der Waals surface area contributed by atoms with Gasteiger partial charge in [0.05, 0.1) is 13.7 Å². The predicted molar refractivity (Wildman–Crippen MR) is 111 cm³/mol. The molecule has 7 nitrogen and oxygen atoms in total. The Morgan fingerprint density at radius 2 is 1.83 bits per heavy atom. The first-order valence-corrected chi connectivity index (χ1v) is 9.30. The summed E-state index contributed by atoms with van der Waals surface area (Å²) in [7, 11) is 1.61. The van der Waals surface area contributed by atoms with Crippen molar-refractivity contribution in [3.8, 4) is 11.5 Å². The number of benzene rings is 2. The largest absolute Gasteiger partial charge is 0.497 e. The molecule has 0 aliphatic heterocycles. The number of ether oxygens (including phenoxy) is 2. The molecule has 0 atom stereocenters. The number of methoxy groups -OCH3 is 1. The summed E-state index contributed by atoms with van der Waals surface area (Å²) in [5.41, 5.74) is 2.64. The molecule has 0 bridgehead atoms. The summed E-state index contributed by atoms with van der Waals surface area (Å²) >= 11 is 0. The second kappa shape index (κ2) is 10.1. The number of carbonyl (C=O) groups excluding carboxylic acids is 1. The average Bonchev–Trinajstić information content (AvgIpc) is 2.76. The van der Waals surface area contributed by atoms with Gasteiger partial charge in [0.25, 0.3) is 5.91 Å². The van der Waals surface area contributed by atoms with E-state index in [1.807, 2.05) is 36.4 Å². The highest BCUT2D eigenvalue weighted by molar-refractivity contribution is 5.92. The van der Waals surface area contributed by atoms with E-state index in [1.54, 1.807) is 13.2 Å². The molecule has 1 aromatic heterocycles. The normalized spacial score (nSPS) is 10.3. The van der Waals surface area contributed by atoms with Crippen molar-refractivity contribution in [3.63, 3.8) is 0 Å². The molecule has 0 aliphatic rings. The van der Waals surface area contributed by atoms with E-state index >= 15 is 0 Å². The van der Waals surface area contributed by atoms with E-state index in [0.29, 0.717) is 37.0 Å². The molecule has 0 aliphatic carbocycles. The molecule has 3 aromatic rings. The van der Waals surface area contributed by atoms with Gasteiger partial charge >= 0.3 is 0 Å². The highest BCUT2D eigenvalue weighted by atomic mass is 16.5. The van der Waals surface area contributed by atoms with Gasteiger partial charge in [0.15, 0.2) is 0 Å². The summed E-state index contributed by atoms with van der Waals surface area (Å²) in [4.78, 5) is 20.5. The van der Waals surface area contributed by atoms with Crippen LogP contribution in [0.1, 0.15) is 21.6 Å². The molecule has 0 radical (unpaired) electrons. The maximum absolute atomic E-state index is 12.3. The van der Waals surface area contributed by atoms with E-state index in [4.69, 9.17) is 9.47 Å². The van der Waals surface area contributed by atoms with E-state index in [0.717, 1.165) is 11.3 Å². The molecule has 3 rings (SSSR count). The van der Waals surface area contributed by atoms with Gasteiger partial charge in [-0.25, -0.2) is 9.97 Å². The summed E-state index contributed by atoms with van der Waals surface area (Å²) < 4.78 is 10.7. The molecule has 0 unspecified atom stereocenters. The molecule has 2 aromatic carbocycles. The summed E-state index contributed by atoms with van der Waals surface area (Å²) in [6.07, 6.45) is 1.38. The molecule has 150 valence electrons. The molecular weight excluding hydrogens is 368 g/mol. The number of amides is 1. The quantitative estimate of drug-likeness (QED) is 0.544. The first kappa shape index (κ1) is 20.1. The van der Waals surface area contributed by atoms with Gasteiger partial charge in [-0.2, -0.15) is 0 Å². The predicted octanol–water partition coefficient (Wildman–Crippen LogP) is 3.21. The zero-order valence-electron chi connectivity index (χ0n) is 16.5. The Bertz CT molecular complexity index is 945. The summed E-state index contributed by atoms with van der Waals surface area (Å²) in [5, 5.41) is 6.01. The Morgan fingerprint density at radius 1 is 1.03 bits per heavy atom. The van der Waals surface area contributed by atoms with Crippen molar-refractivity contribution in [3.05, 3.63) is 77.7 Å². The number of aryl methyl sites for hydroxylation is 1. The fourth-order valence-corrected chi connectivity index (χ4v) is 2.69. The number of nitrogens with one attached hydrogen (secondary N) is 2. The van der Waals surface area contributed by atoms with Crippen molar-refractivity contribution in [1.82, 2.24) is 15.3 Å². The lowest BCUT2D eigenvalue weighted by atomic mass is 10.1. The zero-order valence-corrected chi connectivity index (χ0v) is 16.5. The number of hydrogen-bond donors (Lipinski definition) is 2. The van der Waals surface area contributed by atoms with Gasteiger partial charge in [0.1, 0.15) is 35.9 Å². The van der Waals surface area contributed by atoms with E-state index in [9.17, 15) is 4.79 Å². The van der Waals surface area contributed by atoms with Gasteiger partial charge in [0.2, 0.25) is 0 Å². The van der Waals surface area contributed by atoms with E-state index < -0.39 is 0 Å². The second-order valence-electron chi connectivity index (χ2n) is 6.41. The third kappa shape index (κ3) is 6.21. The monoisotopic (exact) mass is 392 g/mol. The number of nitrogens with zero attached hydrogens (tertiary/aromatic N) is 2. The molecule has 1 heterocycles. The van der Waals surface area contributed by atoms with Crippen LogP contribution in [0.15, 0.2) is 60.9 Å². The number of hydrogen-bond acceptors (Lipinski definition) is 6. The smallest absolute Gasteiger partial charge is 0.270 e. The van der Waals surface area contributed by atoms with E-state index in [-0.39, 0.29) is 5.91 Å². The molecule has 2 N–H and O–H groups in total. The standard InChI is InChI=1S/C22H24N4O3/c1-16-4-3-5-17(12-16)14-24-21-13-20(25-15-26-21)22(27)23-10-11-29-19-8-6-18(28-2)7-9-19/h3-9,12-13,15H,10-11,14H2,1-2H3,(H,23,27)(H,24,25,26). The zero-order chi connectivity index (χ0) is 20.5. The van der Waals surface area contributed by atoms with Gasteiger partial charge in [0, 0.05) is 12.6 Å². The minimum Gasteiger partial charge on any atom is -0.497 e. The van der Waals surface area contributed by atoms with Crippen molar-refractivity contribution in [2.24, 2.45) is 0 Å². The van der Waals surface area contributed by atoms with Gasteiger partial charge in [-0.05, 0) is 36.8 Å². The minimum absolute atomic E-state index is 0.274. The molecule has 1 amide bonds. The van der Waals surface area contributed by atoms with Crippen LogP contribution in [0, 0.1) is 6.92 Å². The first-order valence-electron chi connectivity index (χ1n) is 9.30. The molecular formula is C22H24N4O3. The summed E-state index contributed by atoms with van der Waals surface area (Å²) in [6.45, 7) is 3.38. The van der Waals surface area contributed by atoms with Gasteiger partial charge in [-0.1, -0.05) is 29.8 Å². The Morgan fingerprint density at radius 3 is 2.59 bits per heavy atom. The van der Waals surface area contributed by atoms with Gasteiger partial charge < -0.3 is 20.1 Å². The van der Waals surface area contributed by atoms with Crippen molar-refractivity contribution in [2.45, 2.75) is 13.5 Å². The molecule has 0 saturated carbocycles. The number of rotatable bonds is 9. The third-order valence-corrected chi connectivity index (χ3v) is 4.17. The Labute approximate surface area is 170 Å². The SMILES string of the molecule is COc1ccc(OCCNC(=O)c2cc(NCc3cccc(C)c3)ncn2)cc1. The molecule has 0 saturated heterocycles. The van der Waals surface area contributed by atoms with Crippen molar-refractivity contribution in [1.29, 1.82) is 0 Å². The first-order chi connectivity index (χ1) is 14.1. The van der Waals surface area contributed by atoms with Crippen LogP contribution in [-0.4, -0.2) is 36.1 Å². The van der Waals surface area contributed by atoms with Crippen LogP contribution in [-0.2, 0) is 6.54 Å². The lowest BCUT2D eigenvalue weighted by molar-refractivity contribution is 0.0942. The fraction of sp³-hybridized carbons (Fsp3) is 0.227. The molecule has 0 fully saturated rings. The number of anilines is 1. The van der Waals surface area contributed by atoms with Crippen LogP contribution in [0.25, 0.3) is 0 Å². The van der Waals surface area contributed by atoms with Crippen LogP contribution in [0.2, 0.25) is 0 Å². The average molecular weight is 392 g/mol. The fourth-order valence-electron chi connectivity index (χ4n) is 2.69.